The highest BCUT2D eigenvalue weighted by Gasteiger charge is 2.20. The number of rotatable bonds is 3. The summed E-state index contributed by atoms with van der Waals surface area (Å²) in [4.78, 5) is 11.5. The molecule has 0 aliphatic carbocycles. The zero-order valence-electron chi connectivity index (χ0n) is 9.44. The highest BCUT2D eigenvalue weighted by Crippen LogP contribution is 2.24. The van der Waals surface area contributed by atoms with Crippen molar-refractivity contribution in [1.29, 1.82) is 0 Å². The van der Waals surface area contributed by atoms with Crippen LogP contribution < -0.4 is 10.6 Å². The molecule has 1 aliphatic rings. The van der Waals surface area contributed by atoms with Crippen LogP contribution in [0.25, 0.3) is 0 Å². The summed E-state index contributed by atoms with van der Waals surface area (Å²) in [7, 11) is 0. The molecule has 5 nitrogen and oxygen atoms in total. The summed E-state index contributed by atoms with van der Waals surface area (Å²) in [5.74, 6) is -0.249. The van der Waals surface area contributed by atoms with Gasteiger partial charge in [0.25, 0.3) is 0 Å². The van der Waals surface area contributed by atoms with Gasteiger partial charge in [0.2, 0.25) is 5.91 Å². The molecule has 1 atom stereocenters. The maximum Gasteiger partial charge on any atom is 0.237 e. The predicted molar refractivity (Wildman–Crippen MR) is 62.6 cm³/mol. The van der Waals surface area contributed by atoms with Gasteiger partial charge in [-0.25, -0.2) is 0 Å². The van der Waals surface area contributed by atoms with Crippen molar-refractivity contribution in [3.63, 3.8) is 0 Å². The van der Waals surface area contributed by atoms with Crippen LogP contribution in [0.15, 0.2) is 18.2 Å². The molecule has 1 amide bonds. The van der Waals surface area contributed by atoms with Gasteiger partial charge in [-0.1, -0.05) is 6.07 Å². The summed E-state index contributed by atoms with van der Waals surface area (Å²) in [5.41, 5.74) is 0.832. The van der Waals surface area contributed by atoms with Crippen molar-refractivity contribution in [2.24, 2.45) is 0 Å². The second kappa shape index (κ2) is 5.05. The van der Waals surface area contributed by atoms with Gasteiger partial charge in [-0.3, -0.25) is 4.79 Å². The Labute approximate surface area is 99.5 Å². The Kier molecular flexibility index (Phi) is 3.49. The van der Waals surface area contributed by atoms with Gasteiger partial charge in [-0.15, -0.1) is 0 Å². The molecule has 1 saturated heterocycles. The molecule has 0 saturated carbocycles. The first kappa shape index (κ1) is 11.7. The number of carbonyl (C=O) groups excluding carboxylic acids is 1. The Balaban J connectivity index is 1.92. The number of piperidine rings is 1. The molecule has 92 valence electrons. The van der Waals surface area contributed by atoms with Crippen molar-refractivity contribution in [3.8, 4) is 11.5 Å². The number of hydrogen-bond acceptors (Lipinski definition) is 4. The number of aromatic hydroxyl groups is 2. The molecule has 1 fully saturated rings. The van der Waals surface area contributed by atoms with Crippen molar-refractivity contribution in [3.05, 3.63) is 23.8 Å². The lowest BCUT2D eigenvalue weighted by Gasteiger charge is -2.22. The van der Waals surface area contributed by atoms with E-state index in [9.17, 15) is 9.90 Å². The van der Waals surface area contributed by atoms with E-state index in [4.69, 9.17) is 5.11 Å². The SMILES string of the molecule is O=C1NCCCC1NCc1ccc(O)c(O)c1. The second-order valence-electron chi connectivity index (χ2n) is 4.19. The number of amides is 1. The Bertz CT molecular complexity index is 420. The molecule has 1 aliphatic heterocycles. The summed E-state index contributed by atoms with van der Waals surface area (Å²) in [5, 5.41) is 24.4. The van der Waals surface area contributed by atoms with Gasteiger partial charge >= 0.3 is 0 Å². The largest absolute Gasteiger partial charge is 0.504 e. The Hall–Kier alpha value is -1.75. The van der Waals surface area contributed by atoms with Gasteiger partial charge in [0.15, 0.2) is 11.5 Å². The fraction of sp³-hybridized carbons (Fsp3) is 0.417. The average Bonchev–Trinajstić information content (AvgIpc) is 2.32. The van der Waals surface area contributed by atoms with Gasteiger partial charge < -0.3 is 20.8 Å². The Morgan fingerprint density at radius 2 is 2.18 bits per heavy atom. The lowest BCUT2D eigenvalue weighted by atomic mass is 10.1. The number of phenolic OH excluding ortho intramolecular Hbond substituents is 2. The molecule has 1 aromatic rings. The molecule has 0 bridgehead atoms. The van der Waals surface area contributed by atoms with Crippen LogP contribution in [-0.2, 0) is 11.3 Å². The van der Waals surface area contributed by atoms with E-state index in [0.29, 0.717) is 6.54 Å². The molecular weight excluding hydrogens is 220 g/mol. The molecule has 0 radical (unpaired) electrons. The molecule has 1 unspecified atom stereocenters. The molecule has 4 N–H and O–H groups in total. The molecule has 0 aromatic heterocycles. The van der Waals surface area contributed by atoms with Crippen molar-refractivity contribution >= 4 is 5.91 Å². The number of phenols is 2. The van der Waals surface area contributed by atoms with E-state index in [-0.39, 0.29) is 23.4 Å². The highest BCUT2D eigenvalue weighted by atomic mass is 16.3. The molecule has 5 heteroatoms. The predicted octanol–water partition coefficient (Wildman–Crippen LogP) is 0.466. The Morgan fingerprint density at radius 1 is 1.35 bits per heavy atom. The first-order valence-electron chi connectivity index (χ1n) is 5.69. The van der Waals surface area contributed by atoms with Gasteiger partial charge in [0.05, 0.1) is 6.04 Å². The summed E-state index contributed by atoms with van der Waals surface area (Å²) in [6.45, 7) is 1.24. The lowest BCUT2D eigenvalue weighted by molar-refractivity contribution is -0.124. The molecule has 1 heterocycles. The summed E-state index contributed by atoms with van der Waals surface area (Å²) in [6, 6.07) is 4.47. The van der Waals surface area contributed by atoms with Gasteiger partial charge in [-0.2, -0.15) is 0 Å². The van der Waals surface area contributed by atoms with Crippen LogP contribution in [0.2, 0.25) is 0 Å². The number of carbonyl (C=O) groups is 1. The normalized spacial score (nSPS) is 20.0. The number of benzene rings is 1. The fourth-order valence-corrected chi connectivity index (χ4v) is 1.89. The van der Waals surface area contributed by atoms with Crippen molar-refractivity contribution in [2.75, 3.05) is 6.54 Å². The van der Waals surface area contributed by atoms with Crippen LogP contribution in [0.3, 0.4) is 0 Å². The maximum absolute atomic E-state index is 11.5. The minimum atomic E-state index is -0.167. The standard InChI is InChI=1S/C12H16N2O3/c15-10-4-3-8(6-11(10)16)7-14-9-2-1-5-13-12(9)17/h3-4,6,9,14-16H,1-2,5,7H2,(H,13,17). The van der Waals surface area contributed by atoms with Crippen LogP contribution in [0.1, 0.15) is 18.4 Å². The van der Waals surface area contributed by atoms with E-state index in [1.807, 2.05) is 0 Å². The van der Waals surface area contributed by atoms with E-state index in [1.165, 1.54) is 12.1 Å². The fourth-order valence-electron chi connectivity index (χ4n) is 1.89. The monoisotopic (exact) mass is 236 g/mol. The topological polar surface area (TPSA) is 81.6 Å². The molecular formula is C12H16N2O3. The maximum atomic E-state index is 11.5. The molecule has 0 spiro atoms. The van der Waals surface area contributed by atoms with Crippen molar-refractivity contribution in [2.45, 2.75) is 25.4 Å². The van der Waals surface area contributed by atoms with Gasteiger partial charge in [0.1, 0.15) is 0 Å². The van der Waals surface area contributed by atoms with Gasteiger partial charge in [0, 0.05) is 13.1 Å². The van der Waals surface area contributed by atoms with Crippen molar-refractivity contribution < 1.29 is 15.0 Å². The Morgan fingerprint density at radius 3 is 2.88 bits per heavy atom. The van der Waals surface area contributed by atoms with E-state index >= 15 is 0 Å². The van der Waals surface area contributed by atoms with Crippen LogP contribution in [0.4, 0.5) is 0 Å². The third-order valence-corrected chi connectivity index (χ3v) is 2.88. The zero-order valence-corrected chi connectivity index (χ0v) is 9.44. The smallest absolute Gasteiger partial charge is 0.237 e. The third kappa shape index (κ3) is 2.88. The van der Waals surface area contributed by atoms with E-state index < -0.39 is 0 Å². The quantitative estimate of drug-likeness (QED) is 0.575. The van der Waals surface area contributed by atoms with E-state index in [2.05, 4.69) is 10.6 Å². The molecule has 2 rings (SSSR count). The van der Waals surface area contributed by atoms with Crippen LogP contribution in [0.5, 0.6) is 11.5 Å². The van der Waals surface area contributed by atoms with E-state index in [1.54, 1.807) is 6.07 Å². The first-order chi connectivity index (χ1) is 8.16. The summed E-state index contributed by atoms with van der Waals surface area (Å²) < 4.78 is 0. The van der Waals surface area contributed by atoms with Gasteiger partial charge in [-0.05, 0) is 30.5 Å². The van der Waals surface area contributed by atoms with Crippen LogP contribution >= 0.6 is 0 Å². The minimum Gasteiger partial charge on any atom is -0.504 e. The summed E-state index contributed by atoms with van der Waals surface area (Å²) >= 11 is 0. The number of nitrogens with one attached hydrogen (secondary N) is 2. The highest BCUT2D eigenvalue weighted by molar-refractivity contribution is 5.82. The third-order valence-electron chi connectivity index (χ3n) is 2.88. The van der Waals surface area contributed by atoms with Crippen LogP contribution in [0, 0.1) is 0 Å². The van der Waals surface area contributed by atoms with Crippen molar-refractivity contribution in [1.82, 2.24) is 10.6 Å². The minimum absolute atomic E-state index is 0.0271. The van der Waals surface area contributed by atoms with E-state index in [0.717, 1.165) is 24.9 Å². The summed E-state index contributed by atoms with van der Waals surface area (Å²) in [6.07, 6.45) is 1.81. The molecule has 17 heavy (non-hydrogen) atoms. The zero-order chi connectivity index (χ0) is 12.3. The lowest BCUT2D eigenvalue weighted by Crippen LogP contribution is -2.47. The number of hydrogen-bond donors (Lipinski definition) is 4. The average molecular weight is 236 g/mol. The first-order valence-corrected chi connectivity index (χ1v) is 5.69. The second-order valence-corrected chi connectivity index (χ2v) is 4.19. The molecule has 1 aromatic carbocycles. The van der Waals surface area contributed by atoms with Crippen LogP contribution in [-0.4, -0.2) is 28.7 Å².